The molecule has 1 aliphatic carbocycles. The Balaban J connectivity index is 1.38. The molecule has 2 heterocycles. The molecule has 1 fully saturated rings. The van der Waals surface area contributed by atoms with Crippen molar-refractivity contribution in [1.29, 1.82) is 0 Å². The van der Waals surface area contributed by atoms with Gasteiger partial charge in [0.25, 0.3) is 11.8 Å². The number of nitrogens with zero attached hydrogens (tertiary/aromatic N) is 3. The average molecular weight is 498 g/mol. The van der Waals surface area contributed by atoms with Gasteiger partial charge < -0.3 is 9.80 Å². The van der Waals surface area contributed by atoms with Gasteiger partial charge in [0.15, 0.2) is 0 Å². The van der Waals surface area contributed by atoms with Gasteiger partial charge in [-0.1, -0.05) is 48.9 Å². The summed E-state index contributed by atoms with van der Waals surface area (Å²) in [4.78, 5) is 57.7. The van der Waals surface area contributed by atoms with Crippen molar-refractivity contribution in [2.75, 3.05) is 16.3 Å². The monoisotopic (exact) mass is 497 g/mol. The molecule has 3 aromatic rings. The highest BCUT2D eigenvalue weighted by molar-refractivity contribution is 6.23. The molecule has 0 unspecified atom stereocenters. The zero-order chi connectivity index (χ0) is 25.7. The first-order valence-electron chi connectivity index (χ1n) is 12.4. The van der Waals surface area contributed by atoms with Crippen LogP contribution in [0.25, 0.3) is 0 Å². The summed E-state index contributed by atoms with van der Waals surface area (Å²) in [7, 11) is 0. The van der Waals surface area contributed by atoms with Gasteiger partial charge in [-0.3, -0.25) is 24.1 Å². The Hall–Kier alpha value is -4.33. The number of rotatable bonds is 4. The summed E-state index contributed by atoms with van der Waals surface area (Å²) >= 11 is 0. The fourth-order valence-electron chi connectivity index (χ4n) is 5.80. The van der Waals surface area contributed by atoms with Crippen molar-refractivity contribution in [3.8, 4) is 0 Å². The Labute approximate surface area is 213 Å². The van der Waals surface area contributed by atoms with Crippen LogP contribution in [0.2, 0.25) is 0 Å². The van der Waals surface area contributed by atoms with Crippen LogP contribution in [-0.2, 0) is 16.1 Å². The standard InChI is InChI=1S/C29H24FN3O4/c30-22-12-4-1-8-18(22)16-31-24-13-5-6-14-25(24)33(23-15-7-11-21(23)29(31)37)26(34)17-32-27(35)19-9-2-3-10-20(19)28(32)36/h1-6,8-10,12-14,21,23H,7,11,15-17H2/t21-,23+/m0/s1. The molecule has 4 amide bonds. The van der Waals surface area contributed by atoms with Gasteiger partial charge in [-0.05, 0) is 43.2 Å². The van der Waals surface area contributed by atoms with E-state index in [9.17, 15) is 23.6 Å². The molecule has 186 valence electrons. The molecule has 2 atom stereocenters. The summed E-state index contributed by atoms with van der Waals surface area (Å²) < 4.78 is 14.6. The number of carbonyl (C=O) groups is 4. The molecule has 0 N–H and O–H groups in total. The number of amides is 4. The highest BCUT2D eigenvalue weighted by atomic mass is 19.1. The quantitative estimate of drug-likeness (QED) is 0.507. The molecule has 37 heavy (non-hydrogen) atoms. The van der Waals surface area contributed by atoms with E-state index in [-0.39, 0.29) is 23.6 Å². The summed E-state index contributed by atoms with van der Waals surface area (Å²) in [5.41, 5.74) is 1.96. The minimum Gasteiger partial charge on any atom is -0.306 e. The highest BCUT2D eigenvalue weighted by Crippen LogP contribution is 2.43. The number of hydrogen-bond acceptors (Lipinski definition) is 4. The number of halogens is 1. The molecule has 0 saturated heterocycles. The van der Waals surface area contributed by atoms with Crippen molar-refractivity contribution >= 4 is 35.0 Å². The van der Waals surface area contributed by atoms with E-state index in [1.165, 1.54) is 6.07 Å². The van der Waals surface area contributed by atoms with Crippen LogP contribution in [0.5, 0.6) is 0 Å². The molecule has 3 aliphatic rings. The molecular formula is C29H24FN3O4. The van der Waals surface area contributed by atoms with Crippen LogP contribution in [-0.4, -0.2) is 41.1 Å². The number of hydrogen-bond donors (Lipinski definition) is 0. The second-order valence-corrected chi connectivity index (χ2v) is 9.62. The van der Waals surface area contributed by atoms with Crippen molar-refractivity contribution in [3.05, 3.63) is 95.3 Å². The number of benzene rings is 3. The molecule has 6 rings (SSSR count). The van der Waals surface area contributed by atoms with Crippen LogP contribution < -0.4 is 9.80 Å². The normalized spacial score (nSPS) is 20.6. The lowest BCUT2D eigenvalue weighted by Crippen LogP contribution is -2.49. The summed E-state index contributed by atoms with van der Waals surface area (Å²) in [6.45, 7) is -0.391. The van der Waals surface area contributed by atoms with E-state index in [2.05, 4.69) is 0 Å². The van der Waals surface area contributed by atoms with Crippen molar-refractivity contribution < 1.29 is 23.6 Å². The lowest BCUT2D eigenvalue weighted by molar-refractivity contribution is -0.123. The second-order valence-electron chi connectivity index (χ2n) is 9.62. The predicted octanol–water partition coefficient (Wildman–Crippen LogP) is 4.17. The van der Waals surface area contributed by atoms with Crippen molar-refractivity contribution in [1.82, 2.24) is 4.90 Å². The van der Waals surface area contributed by atoms with Crippen molar-refractivity contribution in [3.63, 3.8) is 0 Å². The second kappa shape index (κ2) is 8.96. The Bertz CT molecular complexity index is 1420. The number of fused-ring (bicyclic) bond motifs is 3. The van der Waals surface area contributed by atoms with E-state index in [1.54, 1.807) is 76.5 Å². The van der Waals surface area contributed by atoms with Gasteiger partial charge in [0.1, 0.15) is 12.4 Å². The van der Waals surface area contributed by atoms with Crippen molar-refractivity contribution in [2.24, 2.45) is 5.92 Å². The first-order chi connectivity index (χ1) is 18.0. The van der Waals surface area contributed by atoms with Gasteiger partial charge >= 0.3 is 0 Å². The van der Waals surface area contributed by atoms with Crippen molar-refractivity contribution in [2.45, 2.75) is 31.8 Å². The number of anilines is 2. The Morgan fingerprint density at radius 2 is 1.41 bits per heavy atom. The van der Waals surface area contributed by atoms with E-state index in [1.807, 2.05) is 0 Å². The summed E-state index contributed by atoms with van der Waals surface area (Å²) in [6.07, 6.45) is 1.97. The largest absolute Gasteiger partial charge is 0.306 e. The van der Waals surface area contributed by atoms with Gasteiger partial charge in [0, 0.05) is 11.6 Å². The number of carbonyl (C=O) groups excluding carboxylic acids is 4. The molecule has 0 aromatic heterocycles. The third-order valence-corrected chi connectivity index (χ3v) is 7.55. The lowest BCUT2D eigenvalue weighted by atomic mass is 10.0. The molecule has 8 heteroatoms. The summed E-state index contributed by atoms with van der Waals surface area (Å²) in [5.74, 6) is -2.47. The summed E-state index contributed by atoms with van der Waals surface area (Å²) in [6, 6.07) is 19.5. The van der Waals surface area contributed by atoms with Gasteiger partial charge in [-0.2, -0.15) is 0 Å². The zero-order valence-corrected chi connectivity index (χ0v) is 20.0. The number of para-hydroxylation sites is 2. The van der Waals surface area contributed by atoms with Crippen LogP contribution >= 0.6 is 0 Å². The molecule has 0 bridgehead atoms. The van der Waals surface area contributed by atoms with Gasteiger partial charge in [0.05, 0.1) is 35.0 Å². The van der Waals surface area contributed by atoms with Crippen LogP contribution in [0.3, 0.4) is 0 Å². The topological polar surface area (TPSA) is 78.0 Å². The van der Waals surface area contributed by atoms with Crippen LogP contribution in [0.1, 0.15) is 45.5 Å². The molecule has 0 radical (unpaired) electrons. The third kappa shape index (κ3) is 3.71. The average Bonchev–Trinajstić information content (AvgIpc) is 3.45. The highest BCUT2D eigenvalue weighted by Gasteiger charge is 2.47. The van der Waals surface area contributed by atoms with E-state index in [0.29, 0.717) is 29.8 Å². The first kappa shape index (κ1) is 23.1. The fourth-order valence-corrected chi connectivity index (χ4v) is 5.80. The molecular weight excluding hydrogens is 473 g/mol. The van der Waals surface area contributed by atoms with Crippen LogP contribution in [0.15, 0.2) is 72.8 Å². The Morgan fingerprint density at radius 1 is 0.784 bits per heavy atom. The van der Waals surface area contributed by atoms with Crippen LogP contribution in [0, 0.1) is 11.7 Å². The van der Waals surface area contributed by atoms with E-state index in [4.69, 9.17) is 0 Å². The maximum absolute atomic E-state index is 14.6. The molecule has 0 spiro atoms. The maximum Gasteiger partial charge on any atom is 0.262 e. The fraction of sp³-hybridized carbons (Fsp3) is 0.241. The SMILES string of the molecule is O=C1c2ccccc2C(=O)N1CC(=O)N1c2ccccc2N(Cc2ccccc2F)C(=O)[C@H]2CCC[C@H]21. The molecule has 3 aromatic carbocycles. The Morgan fingerprint density at radius 3 is 2.11 bits per heavy atom. The minimum absolute atomic E-state index is 0.0339. The molecule has 1 saturated carbocycles. The maximum atomic E-state index is 14.6. The predicted molar refractivity (Wildman–Crippen MR) is 134 cm³/mol. The van der Waals surface area contributed by atoms with E-state index >= 15 is 0 Å². The summed E-state index contributed by atoms with van der Waals surface area (Å²) in [5, 5.41) is 0. The molecule has 7 nitrogen and oxygen atoms in total. The van der Waals surface area contributed by atoms with Gasteiger partial charge in [0.2, 0.25) is 11.8 Å². The lowest BCUT2D eigenvalue weighted by Gasteiger charge is -2.31. The van der Waals surface area contributed by atoms with Gasteiger partial charge in [-0.25, -0.2) is 4.39 Å². The Kier molecular flexibility index (Phi) is 5.59. The van der Waals surface area contributed by atoms with Crippen LogP contribution in [0.4, 0.5) is 15.8 Å². The minimum atomic E-state index is -0.503. The zero-order valence-electron chi connectivity index (χ0n) is 20.0. The first-order valence-corrected chi connectivity index (χ1v) is 12.4. The third-order valence-electron chi connectivity index (χ3n) is 7.55. The van der Waals surface area contributed by atoms with Gasteiger partial charge in [-0.15, -0.1) is 0 Å². The molecule has 2 aliphatic heterocycles. The smallest absolute Gasteiger partial charge is 0.262 e. The van der Waals surface area contributed by atoms with E-state index < -0.39 is 42.0 Å². The number of imide groups is 1. The van der Waals surface area contributed by atoms with E-state index in [0.717, 1.165) is 11.3 Å².